The van der Waals surface area contributed by atoms with Crippen molar-refractivity contribution in [1.29, 1.82) is 0 Å². The van der Waals surface area contributed by atoms with Crippen molar-refractivity contribution < 1.29 is 19.1 Å². The molecule has 0 aromatic rings. The maximum atomic E-state index is 10.6. The van der Waals surface area contributed by atoms with E-state index in [-0.39, 0.29) is 18.0 Å². The maximum absolute atomic E-state index is 10.6. The molecular weight excluding hydrogens is 167 g/mol. The van der Waals surface area contributed by atoms with Crippen molar-refractivity contribution in [1.82, 2.24) is 0 Å². The van der Waals surface area contributed by atoms with Gasteiger partial charge in [0.15, 0.2) is 0 Å². The van der Waals surface area contributed by atoms with Gasteiger partial charge in [-0.1, -0.05) is 6.92 Å². The fourth-order valence-corrected chi connectivity index (χ4v) is 2.32. The largest absolute Gasteiger partial charge is 0.381 e. The molecule has 5 heteroatoms. The Bertz CT molecular complexity index is 175. The zero-order valence-corrected chi connectivity index (χ0v) is 7.33. The molecule has 0 saturated carbocycles. The predicted octanol–water partition coefficient (Wildman–Crippen LogP) is 0.447. The molecule has 0 spiro atoms. The third-order valence-electron chi connectivity index (χ3n) is 1.99. The van der Waals surface area contributed by atoms with Gasteiger partial charge in [-0.25, -0.2) is 0 Å². The summed E-state index contributed by atoms with van der Waals surface area (Å²) < 4.78 is 15.6. The lowest BCUT2D eigenvalue weighted by Gasteiger charge is -2.12. The highest BCUT2D eigenvalue weighted by atomic mass is 31.2. The Kier molecular flexibility index (Phi) is 2.70. The second-order valence-electron chi connectivity index (χ2n) is 3.12. The van der Waals surface area contributed by atoms with Crippen LogP contribution in [-0.4, -0.2) is 29.2 Å². The van der Waals surface area contributed by atoms with Crippen LogP contribution in [0.1, 0.15) is 6.92 Å². The normalized spacial score (nSPS) is 32.6. The molecule has 1 aliphatic rings. The van der Waals surface area contributed by atoms with Crippen LogP contribution in [0.4, 0.5) is 0 Å². The highest BCUT2D eigenvalue weighted by molar-refractivity contribution is 7.51. The van der Waals surface area contributed by atoms with Gasteiger partial charge >= 0.3 is 7.60 Å². The number of rotatable bonds is 2. The van der Waals surface area contributed by atoms with E-state index in [0.29, 0.717) is 13.2 Å². The average Bonchev–Trinajstić information content (AvgIpc) is 2.12. The standard InChI is InChI=1S/C6H13O4P/c1-5-2-10-3-6(5)4-11(7,8)9/h5-6H,2-4H2,1H3,(H2,7,8,9). The minimum Gasteiger partial charge on any atom is -0.381 e. The highest BCUT2D eigenvalue weighted by Gasteiger charge is 2.30. The lowest BCUT2D eigenvalue weighted by molar-refractivity contribution is 0.182. The molecule has 1 fully saturated rings. The Morgan fingerprint density at radius 1 is 1.55 bits per heavy atom. The van der Waals surface area contributed by atoms with E-state index in [9.17, 15) is 4.57 Å². The molecule has 1 saturated heterocycles. The summed E-state index contributed by atoms with van der Waals surface area (Å²) >= 11 is 0. The van der Waals surface area contributed by atoms with Gasteiger partial charge in [0.1, 0.15) is 0 Å². The Morgan fingerprint density at radius 3 is 2.55 bits per heavy atom. The van der Waals surface area contributed by atoms with Gasteiger partial charge in [0, 0.05) is 6.61 Å². The molecule has 2 N–H and O–H groups in total. The summed E-state index contributed by atoms with van der Waals surface area (Å²) in [5.41, 5.74) is 0. The second kappa shape index (κ2) is 3.23. The van der Waals surface area contributed by atoms with Crippen molar-refractivity contribution in [2.75, 3.05) is 19.4 Å². The summed E-state index contributed by atoms with van der Waals surface area (Å²) in [6, 6.07) is 0. The lowest BCUT2D eigenvalue weighted by Crippen LogP contribution is -2.13. The van der Waals surface area contributed by atoms with Crippen molar-refractivity contribution >= 4 is 7.60 Å². The van der Waals surface area contributed by atoms with Crippen molar-refractivity contribution in [2.24, 2.45) is 11.8 Å². The van der Waals surface area contributed by atoms with Crippen LogP contribution in [0.3, 0.4) is 0 Å². The SMILES string of the molecule is CC1COCC1CP(=O)(O)O. The average molecular weight is 180 g/mol. The first-order valence-corrected chi connectivity index (χ1v) is 5.41. The Morgan fingerprint density at radius 2 is 2.18 bits per heavy atom. The van der Waals surface area contributed by atoms with Crippen molar-refractivity contribution in [3.05, 3.63) is 0 Å². The van der Waals surface area contributed by atoms with Crippen LogP contribution in [0, 0.1) is 11.8 Å². The van der Waals surface area contributed by atoms with E-state index in [1.165, 1.54) is 0 Å². The highest BCUT2D eigenvalue weighted by Crippen LogP contribution is 2.40. The Hall–Kier alpha value is 0.110. The summed E-state index contributed by atoms with van der Waals surface area (Å²) in [4.78, 5) is 17.3. The van der Waals surface area contributed by atoms with Gasteiger partial charge in [0.25, 0.3) is 0 Å². The quantitative estimate of drug-likeness (QED) is 0.605. The molecule has 0 aromatic heterocycles. The van der Waals surface area contributed by atoms with Crippen LogP contribution in [-0.2, 0) is 9.30 Å². The smallest absolute Gasteiger partial charge is 0.325 e. The van der Waals surface area contributed by atoms with Crippen LogP contribution in [0.2, 0.25) is 0 Å². The molecule has 66 valence electrons. The zero-order chi connectivity index (χ0) is 8.48. The molecule has 2 atom stereocenters. The number of hydrogen-bond donors (Lipinski definition) is 2. The Labute approximate surface area is 65.7 Å². The minimum absolute atomic E-state index is 0.0336. The third kappa shape index (κ3) is 2.91. The summed E-state index contributed by atoms with van der Waals surface area (Å²) in [6.07, 6.45) is -0.0336. The predicted molar refractivity (Wildman–Crippen MR) is 40.4 cm³/mol. The van der Waals surface area contributed by atoms with Crippen LogP contribution < -0.4 is 0 Å². The van der Waals surface area contributed by atoms with Gasteiger partial charge < -0.3 is 14.5 Å². The van der Waals surface area contributed by atoms with Crippen molar-refractivity contribution in [3.8, 4) is 0 Å². The van der Waals surface area contributed by atoms with E-state index in [1.807, 2.05) is 6.92 Å². The summed E-state index contributed by atoms with van der Waals surface area (Å²) in [5.74, 6) is 0.318. The summed E-state index contributed by atoms with van der Waals surface area (Å²) in [5, 5.41) is 0. The van der Waals surface area contributed by atoms with Crippen molar-refractivity contribution in [2.45, 2.75) is 6.92 Å². The molecule has 1 aliphatic heterocycles. The molecule has 0 radical (unpaired) electrons. The van der Waals surface area contributed by atoms with E-state index >= 15 is 0 Å². The molecule has 0 amide bonds. The minimum atomic E-state index is -3.83. The zero-order valence-electron chi connectivity index (χ0n) is 6.43. The molecule has 1 rings (SSSR count). The monoisotopic (exact) mass is 180 g/mol. The van der Waals surface area contributed by atoms with Gasteiger partial charge in [-0.05, 0) is 11.8 Å². The van der Waals surface area contributed by atoms with Gasteiger partial charge in [-0.2, -0.15) is 0 Å². The first kappa shape index (κ1) is 9.20. The molecule has 2 unspecified atom stereocenters. The van der Waals surface area contributed by atoms with Crippen LogP contribution >= 0.6 is 7.60 Å². The van der Waals surface area contributed by atoms with E-state index in [4.69, 9.17) is 14.5 Å². The van der Waals surface area contributed by atoms with Crippen LogP contribution in [0.25, 0.3) is 0 Å². The molecule has 0 aromatic carbocycles. The molecule has 4 nitrogen and oxygen atoms in total. The number of hydrogen-bond acceptors (Lipinski definition) is 2. The van der Waals surface area contributed by atoms with Crippen LogP contribution in [0.5, 0.6) is 0 Å². The van der Waals surface area contributed by atoms with E-state index in [1.54, 1.807) is 0 Å². The van der Waals surface area contributed by atoms with E-state index < -0.39 is 7.60 Å². The number of ether oxygens (including phenoxy) is 1. The molecule has 1 heterocycles. The van der Waals surface area contributed by atoms with Crippen LogP contribution in [0.15, 0.2) is 0 Å². The van der Waals surface area contributed by atoms with Gasteiger partial charge in [0.2, 0.25) is 0 Å². The molecule has 0 aliphatic carbocycles. The second-order valence-corrected chi connectivity index (χ2v) is 4.82. The molecular formula is C6H13O4P. The maximum Gasteiger partial charge on any atom is 0.325 e. The lowest BCUT2D eigenvalue weighted by atomic mass is 10.0. The van der Waals surface area contributed by atoms with E-state index in [0.717, 1.165) is 0 Å². The van der Waals surface area contributed by atoms with Gasteiger partial charge in [0.05, 0.1) is 12.8 Å². The first-order valence-electron chi connectivity index (χ1n) is 3.61. The third-order valence-corrected chi connectivity index (χ3v) is 2.93. The summed E-state index contributed by atoms with van der Waals surface area (Å²) in [6.45, 7) is 3.07. The van der Waals surface area contributed by atoms with Gasteiger partial charge in [-0.15, -0.1) is 0 Å². The fourth-order valence-electron chi connectivity index (χ4n) is 1.24. The topological polar surface area (TPSA) is 66.8 Å². The summed E-state index contributed by atoms with van der Waals surface area (Å²) in [7, 11) is -3.83. The Balaban J connectivity index is 2.43. The van der Waals surface area contributed by atoms with E-state index in [2.05, 4.69) is 0 Å². The molecule has 11 heavy (non-hydrogen) atoms. The first-order chi connectivity index (χ1) is 4.99. The van der Waals surface area contributed by atoms with Crippen molar-refractivity contribution in [3.63, 3.8) is 0 Å². The van der Waals surface area contributed by atoms with Gasteiger partial charge in [-0.3, -0.25) is 4.57 Å². The fraction of sp³-hybridized carbons (Fsp3) is 1.00. The molecule has 0 bridgehead atoms.